The van der Waals surface area contributed by atoms with Crippen molar-refractivity contribution in [2.45, 2.75) is 20.4 Å². The topological polar surface area (TPSA) is 75.6 Å². The molecule has 6 nitrogen and oxygen atoms in total. The van der Waals surface area contributed by atoms with Crippen molar-refractivity contribution in [2.75, 3.05) is 31.9 Å². The molecule has 138 valence electrons. The van der Waals surface area contributed by atoms with Gasteiger partial charge in [-0.15, -0.1) is 24.8 Å². The molecular weight excluding hydrogens is 363 g/mol. The standard InChI is InChI=1S/C17H22N4O2.2ClH/c1-12-13(2)23-16(19-12)11-20-7-9-21(10-8-20)17(22)14-5-3-4-6-15(14)18;;/h3-6H,7-11,18H2,1-2H3;2*1H. The number of nitrogens with two attached hydrogens (primary N) is 1. The normalized spacial score (nSPS) is 14.6. The van der Waals surface area contributed by atoms with Gasteiger partial charge in [-0.2, -0.15) is 0 Å². The summed E-state index contributed by atoms with van der Waals surface area (Å²) in [6, 6.07) is 7.22. The van der Waals surface area contributed by atoms with Gasteiger partial charge >= 0.3 is 0 Å². The third kappa shape index (κ3) is 4.87. The van der Waals surface area contributed by atoms with Gasteiger partial charge in [0.15, 0.2) is 0 Å². The minimum atomic E-state index is 0. The summed E-state index contributed by atoms with van der Waals surface area (Å²) >= 11 is 0. The van der Waals surface area contributed by atoms with Gasteiger partial charge in [-0.1, -0.05) is 12.1 Å². The number of anilines is 1. The molecule has 0 saturated carbocycles. The smallest absolute Gasteiger partial charge is 0.256 e. The summed E-state index contributed by atoms with van der Waals surface area (Å²) in [5.41, 5.74) is 7.95. The van der Waals surface area contributed by atoms with Crippen molar-refractivity contribution in [3.8, 4) is 0 Å². The molecular formula is C17H24Cl2N4O2. The lowest BCUT2D eigenvalue weighted by molar-refractivity contribution is 0.0619. The zero-order valence-electron chi connectivity index (χ0n) is 14.4. The average Bonchev–Trinajstić information content (AvgIpc) is 2.86. The number of hydrogen-bond acceptors (Lipinski definition) is 5. The Morgan fingerprint density at radius 2 is 1.80 bits per heavy atom. The van der Waals surface area contributed by atoms with Crippen LogP contribution in [0.5, 0.6) is 0 Å². The van der Waals surface area contributed by atoms with Crippen LogP contribution in [0.25, 0.3) is 0 Å². The fraction of sp³-hybridized carbons (Fsp3) is 0.412. The maximum Gasteiger partial charge on any atom is 0.256 e. The highest BCUT2D eigenvalue weighted by Crippen LogP contribution is 2.16. The molecule has 3 rings (SSSR count). The molecule has 1 aliphatic heterocycles. The molecule has 1 aliphatic rings. The molecule has 0 atom stereocenters. The van der Waals surface area contributed by atoms with E-state index in [0.717, 1.165) is 30.4 Å². The van der Waals surface area contributed by atoms with Crippen LogP contribution in [0.15, 0.2) is 28.7 Å². The van der Waals surface area contributed by atoms with Crippen LogP contribution in [0.1, 0.15) is 27.7 Å². The molecule has 0 aliphatic carbocycles. The van der Waals surface area contributed by atoms with Crippen LogP contribution in [0.4, 0.5) is 5.69 Å². The molecule has 0 unspecified atom stereocenters. The van der Waals surface area contributed by atoms with E-state index in [2.05, 4.69) is 9.88 Å². The molecule has 8 heteroatoms. The van der Waals surface area contributed by atoms with Gasteiger partial charge in [-0.25, -0.2) is 4.98 Å². The lowest BCUT2D eigenvalue weighted by Crippen LogP contribution is -2.48. The first kappa shape index (κ1) is 21.3. The van der Waals surface area contributed by atoms with Crippen molar-refractivity contribution >= 4 is 36.4 Å². The van der Waals surface area contributed by atoms with Crippen molar-refractivity contribution < 1.29 is 9.21 Å². The Bertz CT molecular complexity index is 693. The van der Waals surface area contributed by atoms with Crippen LogP contribution >= 0.6 is 24.8 Å². The molecule has 2 heterocycles. The minimum Gasteiger partial charge on any atom is -0.444 e. The second-order valence-electron chi connectivity index (χ2n) is 5.90. The van der Waals surface area contributed by atoms with Crippen LogP contribution in [0.2, 0.25) is 0 Å². The molecule has 0 radical (unpaired) electrons. The summed E-state index contributed by atoms with van der Waals surface area (Å²) in [7, 11) is 0. The van der Waals surface area contributed by atoms with E-state index in [1.54, 1.807) is 12.1 Å². The molecule has 1 saturated heterocycles. The Kier molecular flexibility index (Phi) is 7.73. The molecule has 1 fully saturated rings. The number of nitrogen functional groups attached to an aromatic ring is 1. The minimum absolute atomic E-state index is 0. The number of para-hydroxylation sites is 1. The molecule has 2 N–H and O–H groups in total. The van der Waals surface area contributed by atoms with E-state index >= 15 is 0 Å². The van der Waals surface area contributed by atoms with Crippen molar-refractivity contribution in [3.05, 3.63) is 47.2 Å². The summed E-state index contributed by atoms with van der Waals surface area (Å²) < 4.78 is 5.63. The van der Waals surface area contributed by atoms with Crippen LogP contribution in [0.3, 0.4) is 0 Å². The first-order chi connectivity index (χ1) is 11.0. The number of carbonyl (C=O) groups excluding carboxylic acids is 1. The lowest BCUT2D eigenvalue weighted by Gasteiger charge is -2.34. The largest absolute Gasteiger partial charge is 0.444 e. The molecule has 1 aromatic carbocycles. The van der Waals surface area contributed by atoms with Crippen LogP contribution in [0, 0.1) is 13.8 Å². The highest BCUT2D eigenvalue weighted by molar-refractivity contribution is 5.99. The third-order valence-corrected chi connectivity index (χ3v) is 4.28. The summed E-state index contributed by atoms with van der Waals surface area (Å²) in [6.07, 6.45) is 0. The van der Waals surface area contributed by atoms with E-state index < -0.39 is 0 Å². The number of hydrogen-bond donors (Lipinski definition) is 1. The fourth-order valence-electron chi connectivity index (χ4n) is 2.77. The van der Waals surface area contributed by atoms with Gasteiger partial charge in [0, 0.05) is 31.9 Å². The Labute approximate surface area is 160 Å². The third-order valence-electron chi connectivity index (χ3n) is 4.28. The summed E-state index contributed by atoms with van der Waals surface area (Å²) in [6.45, 7) is 7.54. The van der Waals surface area contributed by atoms with Gasteiger partial charge in [-0.3, -0.25) is 9.69 Å². The lowest BCUT2D eigenvalue weighted by atomic mass is 10.1. The molecule has 1 amide bonds. The van der Waals surface area contributed by atoms with E-state index in [1.807, 2.05) is 30.9 Å². The highest BCUT2D eigenvalue weighted by Gasteiger charge is 2.24. The Morgan fingerprint density at radius 3 is 2.36 bits per heavy atom. The van der Waals surface area contributed by atoms with Gasteiger partial charge in [0.2, 0.25) is 5.89 Å². The number of oxazole rings is 1. The monoisotopic (exact) mass is 386 g/mol. The Morgan fingerprint density at radius 1 is 1.16 bits per heavy atom. The number of aryl methyl sites for hydroxylation is 2. The van der Waals surface area contributed by atoms with E-state index in [4.69, 9.17) is 10.2 Å². The molecule has 0 bridgehead atoms. The van der Waals surface area contributed by atoms with Crippen molar-refractivity contribution in [2.24, 2.45) is 0 Å². The number of halogens is 2. The molecule has 25 heavy (non-hydrogen) atoms. The number of amides is 1. The highest BCUT2D eigenvalue weighted by atomic mass is 35.5. The van der Waals surface area contributed by atoms with Crippen molar-refractivity contribution in [1.29, 1.82) is 0 Å². The van der Waals surface area contributed by atoms with Gasteiger partial charge < -0.3 is 15.1 Å². The number of carbonyl (C=O) groups is 1. The number of nitrogens with zero attached hydrogens (tertiary/aromatic N) is 3. The zero-order chi connectivity index (χ0) is 16.4. The van der Waals surface area contributed by atoms with Gasteiger partial charge in [0.25, 0.3) is 5.91 Å². The summed E-state index contributed by atoms with van der Waals surface area (Å²) in [5.74, 6) is 1.62. The molecule has 0 spiro atoms. The summed E-state index contributed by atoms with van der Waals surface area (Å²) in [4.78, 5) is 21.1. The quantitative estimate of drug-likeness (QED) is 0.820. The fourth-order valence-corrected chi connectivity index (χ4v) is 2.77. The first-order valence-electron chi connectivity index (χ1n) is 7.83. The number of piperazine rings is 1. The van der Waals surface area contributed by atoms with Crippen molar-refractivity contribution in [3.63, 3.8) is 0 Å². The Hall–Kier alpha value is -1.76. The van der Waals surface area contributed by atoms with Crippen LogP contribution in [-0.4, -0.2) is 46.9 Å². The van der Waals surface area contributed by atoms with E-state index in [9.17, 15) is 4.79 Å². The maximum absolute atomic E-state index is 12.5. The molecule has 2 aromatic rings. The number of rotatable bonds is 3. The number of aromatic nitrogens is 1. The van der Waals surface area contributed by atoms with Crippen LogP contribution < -0.4 is 5.73 Å². The average molecular weight is 387 g/mol. The number of benzene rings is 1. The SMILES string of the molecule is Cc1nc(CN2CCN(C(=O)c3ccccc3N)CC2)oc1C.Cl.Cl. The van der Waals surface area contributed by atoms with Gasteiger partial charge in [0.05, 0.1) is 17.8 Å². The predicted octanol–water partition coefficient (Wildman–Crippen LogP) is 2.68. The predicted molar refractivity (Wildman–Crippen MR) is 103 cm³/mol. The van der Waals surface area contributed by atoms with Crippen LogP contribution in [-0.2, 0) is 6.54 Å². The van der Waals surface area contributed by atoms with Crippen molar-refractivity contribution in [1.82, 2.24) is 14.8 Å². The maximum atomic E-state index is 12.5. The van der Waals surface area contributed by atoms with Gasteiger partial charge in [-0.05, 0) is 26.0 Å². The second kappa shape index (κ2) is 9.08. The molecule has 1 aromatic heterocycles. The second-order valence-corrected chi connectivity index (χ2v) is 5.90. The first-order valence-corrected chi connectivity index (χ1v) is 7.83. The van der Waals surface area contributed by atoms with E-state index in [1.165, 1.54) is 0 Å². The van der Waals surface area contributed by atoms with E-state index in [0.29, 0.717) is 30.9 Å². The van der Waals surface area contributed by atoms with E-state index in [-0.39, 0.29) is 30.7 Å². The van der Waals surface area contributed by atoms with Gasteiger partial charge in [0.1, 0.15) is 5.76 Å². The Balaban J connectivity index is 0.00000156. The zero-order valence-corrected chi connectivity index (χ0v) is 16.0. The summed E-state index contributed by atoms with van der Waals surface area (Å²) in [5, 5.41) is 0.